The summed E-state index contributed by atoms with van der Waals surface area (Å²) in [6.07, 6.45) is 0. The van der Waals surface area contributed by atoms with E-state index in [2.05, 4.69) is 0 Å². The Balaban J connectivity index is 2.46. The summed E-state index contributed by atoms with van der Waals surface area (Å²) >= 11 is 17.6. The average Bonchev–Trinajstić information content (AvgIpc) is 2.36. The van der Waals surface area contributed by atoms with Gasteiger partial charge < -0.3 is 0 Å². The Kier molecular flexibility index (Phi) is 3.91. The van der Waals surface area contributed by atoms with Gasteiger partial charge in [-0.05, 0) is 36.4 Å². The zero-order valence-corrected chi connectivity index (χ0v) is 11.2. The summed E-state index contributed by atoms with van der Waals surface area (Å²) in [5.74, 6) is -0.745. The van der Waals surface area contributed by atoms with Crippen LogP contribution in [0.4, 0.5) is 4.39 Å². The lowest BCUT2D eigenvalue weighted by Gasteiger charge is -2.06. The van der Waals surface area contributed by atoms with Gasteiger partial charge in [-0.25, -0.2) is 4.39 Å². The van der Waals surface area contributed by atoms with Crippen molar-refractivity contribution in [2.45, 2.75) is 0 Å². The van der Waals surface area contributed by atoms with E-state index in [0.717, 1.165) is 0 Å². The summed E-state index contributed by atoms with van der Waals surface area (Å²) in [5, 5.41) is 0.502. The van der Waals surface area contributed by atoms with Crippen LogP contribution in [0.2, 0.25) is 15.1 Å². The van der Waals surface area contributed by atoms with E-state index in [0.29, 0.717) is 5.56 Å². The summed E-state index contributed by atoms with van der Waals surface area (Å²) in [4.78, 5) is 12.1. The first-order valence-electron chi connectivity index (χ1n) is 4.94. The zero-order chi connectivity index (χ0) is 13.3. The summed E-state index contributed by atoms with van der Waals surface area (Å²) in [7, 11) is 0. The molecule has 92 valence electrons. The molecule has 0 spiro atoms. The molecule has 0 aliphatic rings. The number of hydrogen-bond acceptors (Lipinski definition) is 1. The van der Waals surface area contributed by atoms with Gasteiger partial charge in [0.2, 0.25) is 0 Å². The molecule has 0 heterocycles. The van der Waals surface area contributed by atoms with Gasteiger partial charge in [0, 0.05) is 11.1 Å². The van der Waals surface area contributed by atoms with E-state index in [1.165, 1.54) is 36.4 Å². The fourth-order valence-corrected chi connectivity index (χ4v) is 2.08. The molecule has 0 fully saturated rings. The first kappa shape index (κ1) is 13.3. The second-order valence-electron chi connectivity index (χ2n) is 3.56. The molecule has 18 heavy (non-hydrogen) atoms. The van der Waals surface area contributed by atoms with E-state index < -0.39 is 5.82 Å². The number of carbonyl (C=O) groups excluding carboxylic acids is 1. The Morgan fingerprint density at radius 3 is 2.11 bits per heavy atom. The van der Waals surface area contributed by atoms with Gasteiger partial charge in [0.05, 0.1) is 15.1 Å². The first-order chi connectivity index (χ1) is 8.50. The van der Waals surface area contributed by atoms with Crippen molar-refractivity contribution in [1.29, 1.82) is 0 Å². The van der Waals surface area contributed by atoms with Crippen LogP contribution in [-0.2, 0) is 0 Å². The van der Waals surface area contributed by atoms with Crippen LogP contribution in [-0.4, -0.2) is 5.78 Å². The van der Waals surface area contributed by atoms with Crippen LogP contribution in [0.5, 0.6) is 0 Å². The number of benzene rings is 2. The molecular formula is C13H6Cl3FO. The third kappa shape index (κ3) is 2.51. The number of halogens is 4. The molecule has 0 unspecified atom stereocenters. The monoisotopic (exact) mass is 302 g/mol. The number of carbonyl (C=O) groups is 1. The van der Waals surface area contributed by atoms with Crippen molar-refractivity contribution >= 4 is 40.6 Å². The van der Waals surface area contributed by atoms with E-state index in [9.17, 15) is 9.18 Å². The van der Waals surface area contributed by atoms with E-state index >= 15 is 0 Å². The van der Waals surface area contributed by atoms with E-state index in [4.69, 9.17) is 34.8 Å². The molecule has 0 saturated heterocycles. The Labute approximate surface area is 118 Å². The Morgan fingerprint density at radius 2 is 1.50 bits per heavy atom. The molecule has 2 aromatic carbocycles. The predicted molar refractivity (Wildman–Crippen MR) is 71.3 cm³/mol. The van der Waals surface area contributed by atoms with Crippen molar-refractivity contribution in [3.05, 3.63) is 68.4 Å². The van der Waals surface area contributed by atoms with Crippen molar-refractivity contribution < 1.29 is 9.18 Å². The molecule has 0 N–H and O–H groups in total. The first-order valence-corrected chi connectivity index (χ1v) is 6.08. The van der Waals surface area contributed by atoms with Gasteiger partial charge in [0.1, 0.15) is 5.82 Å². The SMILES string of the molecule is O=C(c1ccc(F)cc1)c1ccc(Cl)c(Cl)c1Cl. The Morgan fingerprint density at radius 1 is 0.889 bits per heavy atom. The predicted octanol–water partition coefficient (Wildman–Crippen LogP) is 5.02. The Bertz CT molecular complexity index is 608. The topological polar surface area (TPSA) is 17.1 Å². The molecule has 1 nitrogen and oxygen atoms in total. The maximum Gasteiger partial charge on any atom is 0.194 e. The molecule has 0 aromatic heterocycles. The zero-order valence-electron chi connectivity index (χ0n) is 8.88. The molecule has 0 aliphatic carbocycles. The highest BCUT2D eigenvalue weighted by Gasteiger charge is 2.16. The molecule has 2 aromatic rings. The van der Waals surface area contributed by atoms with Gasteiger partial charge in [-0.1, -0.05) is 34.8 Å². The quantitative estimate of drug-likeness (QED) is 0.562. The van der Waals surface area contributed by atoms with E-state index in [1.807, 2.05) is 0 Å². The minimum Gasteiger partial charge on any atom is -0.289 e. The van der Waals surface area contributed by atoms with Crippen LogP contribution < -0.4 is 0 Å². The maximum atomic E-state index is 12.8. The fraction of sp³-hybridized carbons (Fsp3) is 0. The molecule has 0 radical (unpaired) electrons. The average molecular weight is 304 g/mol. The van der Waals surface area contributed by atoms with Crippen LogP contribution in [0.25, 0.3) is 0 Å². The summed E-state index contributed by atoms with van der Waals surface area (Å²) in [6.45, 7) is 0. The van der Waals surface area contributed by atoms with Gasteiger partial charge in [-0.15, -0.1) is 0 Å². The van der Waals surface area contributed by atoms with Crippen molar-refractivity contribution in [1.82, 2.24) is 0 Å². The smallest absolute Gasteiger partial charge is 0.194 e. The van der Waals surface area contributed by atoms with Gasteiger partial charge in [0.15, 0.2) is 5.78 Å². The van der Waals surface area contributed by atoms with Crippen molar-refractivity contribution in [3.8, 4) is 0 Å². The van der Waals surface area contributed by atoms with E-state index in [-0.39, 0.29) is 26.4 Å². The third-order valence-corrected chi connectivity index (χ3v) is 3.68. The summed E-state index contributed by atoms with van der Waals surface area (Å²) < 4.78 is 12.8. The van der Waals surface area contributed by atoms with Crippen molar-refractivity contribution in [2.75, 3.05) is 0 Å². The largest absolute Gasteiger partial charge is 0.289 e. The molecule has 0 amide bonds. The third-order valence-electron chi connectivity index (χ3n) is 2.39. The molecule has 0 bridgehead atoms. The number of hydrogen-bond donors (Lipinski definition) is 0. The molecule has 0 aliphatic heterocycles. The summed E-state index contributed by atoms with van der Waals surface area (Å²) in [5.41, 5.74) is 0.564. The normalized spacial score (nSPS) is 10.4. The maximum absolute atomic E-state index is 12.8. The molecule has 0 saturated carbocycles. The molecule has 5 heteroatoms. The lowest BCUT2D eigenvalue weighted by atomic mass is 10.0. The molecular weight excluding hydrogens is 297 g/mol. The lowest BCUT2D eigenvalue weighted by molar-refractivity contribution is 0.103. The highest BCUT2D eigenvalue weighted by atomic mass is 35.5. The standard InChI is InChI=1S/C13H6Cl3FO/c14-10-6-5-9(11(15)12(10)16)13(18)7-1-3-8(17)4-2-7/h1-6H. The van der Waals surface area contributed by atoms with Gasteiger partial charge in [-0.2, -0.15) is 0 Å². The van der Waals surface area contributed by atoms with Crippen LogP contribution in [0, 0.1) is 5.82 Å². The van der Waals surface area contributed by atoms with Crippen LogP contribution in [0.15, 0.2) is 36.4 Å². The number of ketones is 1. The molecule has 0 atom stereocenters. The van der Waals surface area contributed by atoms with Gasteiger partial charge in [0.25, 0.3) is 0 Å². The minimum absolute atomic E-state index is 0.0958. The van der Waals surface area contributed by atoms with E-state index in [1.54, 1.807) is 0 Å². The van der Waals surface area contributed by atoms with Crippen LogP contribution in [0.1, 0.15) is 15.9 Å². The van der Waals surface area contributed by atoms with Crippen molar-refractivity contribution in [2.24, 2.45) is 0 Å². The van der Waals surface area contributed by atoms with Crippen molar-refractivity contribution in [3.63, 3.8) is 0 Å². The highest BCUT2D eigenvalue weighted by Crippen LogP contribution is 2.33. The van der Waals surface area contributed by atoms with Gasteiger partial charge in [-0.3, -0.25) is 4.79 Å². The minimum atomic E-state index is -0.410. The molecule has 2 rings (SSSR count). The Hall–Kier alpha value is -1.09. The second kappa shape index (κ2) is 5.27. The lowest BCUT2D eigenvalue weighted by Crippen LogP contribution is -2.02. The fourth-order valence-electron chi connectivity index (χ4n) is 1.46. The van der Waals surface area contributed by atoms with Crippen LogP contribution in [0.3, 0.4) is 0 Å². The highest BCUT2D eigenvalue weighted by molar-refractivity contribution is 6.49. The van der Waals surface area contributed by atoms with Gasteiger partial charge >= 0.3 is 0 Å². The summed E-state index contributed by atoms with van der Waals surface area (Å²) in [6, 6.07) is 8.17. The second-order valence-corrected chi connectivity index (χ2v) is 4.72. The van der Waals surface area contributed by atoms with Crippen LogP contribution >= 0.6 is 34.8 Å². The number of rotatable bonds is 2.